The zero-order chi connectivity index (χ0) is 21.1. The lowest BCUT2D eigenvalue weighted by Gasteiger charge is -2.08. The van der Waals surface area contributed by atoms with E-state index >= 15 is 0 Å². The molecule has 0 aromatic carbocycles. The first-order chi connectivity index (χ1) is 14.4. The molecule has 0 aliphatic carbocycles. The van der Waals surface area contributed by atoms with Gasteiger partial charge in [0.25, 0.3) is 0 Å². The Hall–Kier alpha value is -0.540. The SMILES string of the molecule is C=CCOCCOCCOCCOCCOCCOCCOCCCCCCC. The number of unbranched alkanes of at least 4 members (excludes halogenated alkanes) is 4. The first-order valence-electron chi connectivity index (χ1n) is 11.1. The van der Waals surface area contributed by atoms with Gasteiger partial charge in [0.15, 0.2) is 0 Å². The minimum atomic E-state index is 0.554. The molecule has 0 saturated heterocycles. The maximum Gasteiger partial charge on any atom is 0.0704 e. The lowest BCUT2D eigenvalue weighted by Crippen LogP contribution is -2.14. The summed E-state index contributed by atoms with van der Waals surface area (Å²) in [7, 11) is 0. The van der Waals surface area contributed by atoms with Crippen molar-refractivity contribution in [3.8, 4) is 0 Å². The fraction of sp³-hybridized carbons (Fsp3) is 0.909. The van der Waals surface area contributed by atoms with Crippen LogP contribution in [-0.4, -0.2) is 92.5 Å². The van der Waals surface area contributed by atoms with Gasteiger partial charge in [-0.15, -0.1) is 6.58 Å². The third kappa shape index (κ3) is 27.5. The molecule has 0 aromatic rings. The Labute approximate surface area is 178 Å². The molecule has 29 heavy (non-hydrogen) atoms. The van der Waals surface area contributed by atoms with Crippen LogP contribution in [0.5, 0.6) is 0 Å². The number of hydrogen-bond donors (Lipinski definition) is 0. The Balaban J connectivity index is 2.97. The number of rotatable bonds is 26. The summed E-state index contributed by atoms with van der Waals surface area (Å²) >= 11 is 0. The van der Waals surface area contributed by atoms with Crippen LogP contribution in [0.25, 0.3) is 0 Å². The average molecular weight is 421 g/mol. The van der Waals surface area contributed by atoms with Crippen LogP contribution < -0.4 is 0 Å². The summed E-state index contributed by atoms with van der Waals surface area (Å²) in [6.07, 6.45) is 8.04. The molecule has 0 aliphatic rings. The molecule has 0 bridgehead atoms. The quantitative estimate of drug-likeness (QED) is 0.157. The van der Waals surface area contributed by atoms with Gasteiger partial charge in [-0.2, -0.15) is 0 Å². The summed E-state index contributed by atoms with van der Waals surface area (Å²) in [5, 5.41) is 0. The van der Waals surface area contributed by atoms with E-state index in [1.807, 2.05) is 0 Å². The predicted molar refractivity (Wildman–Crippen MR) is 115 cm³/mol. The first kappa shape index (κ1) is 28.5. The monoisotopic (exact) mass is 420 g/mol. The normalized spacial score (nSPS) is 11.2. The highest BCUT2D eigenvalue weighted by atomic mass is 16.6. The van der Waals surface area contributed by atoms with E-state index in [1.54, 1.807) is 6.08 Å². The molecule has 0 fully saturated rings. The molecule has 0 aromatic heterocycles. The Kier molecular flexibility index (Phi) is 26.9. The Morgan fingerprint density at radius 2 is 0.793 bits per heavy atom. The van der Waals surface area contributed by atoms with E-state index in [0.717, 1.165) is 13.0 Å². The highest BCUT2D eigenvalue weighted by Crippen LogP contribution is 2.02. The van der Waals surface area contributed by atoms with E-state index < -0.39 is 0 Å². The topological polar surface area (TPSA) is 64.6 Å². The van der Waals surface area contributed by atoms with Crippen LogP contribution in [0.1, 0.15) is 39.0 Å². The van der Waals surface area contributed by atoms with Crippen molar-refractivity contribution in [2.75, 3.05) is 92.5 Å². The minimum absolute atomic E-state index is 0.554. The molecule has 7 heteroatoms. The van der Waals surface area contributed by atoms with Crippen LogP contribution in [0.2, 0.25) is 0 Å². The van der Waals surface area contributed by atoms with Crippen molar-refractivity contribution in [1.82, 2.24) is 0 Å². The summed E-state index contributed by atoms with van der Waals surface area (Å²) in [5.74, 6) is 0. The van der Waals surface area contributed by atoms with Gasteiger partial charge in [-0.05, 0) is 6.42 Å². The van der Waals surface area contributed by atoms with E-state index in [9.17, 15) is 0 Å². The minimum Gasteiger partial charge on any atom is -0.379 e. The molecule has 0 saturated carbocycles. The fourth-order valence-electron chi connectivity index (χ4n) is 2.29. The van der Waals surface area contributed by atoms with E-state index in [2.05, 4.69) is 13.5 Å². The molecule has 0 aliphatic heterocycles. The molecule has 0 rings (SSSR count). The van der Waals surface area contributed by atoms with Crippen molar-refractivity contribution in [2.45, 2.75) is 39.0 Å². The zero-order valence-corrected chi connectivity index (χ0v) is 18.6. The predicted octanol–water partition coefficient (Wildman–Crippen LogP) is 3.26. The van der Waals surface area contributed by atoms with Crippen molar-refractivity contribution in [3.05, 3.63) is 12.7 Å². The van der Waals surface area contributed by atoms with Crippen LogP contribution in [0.3, 0.4) is 0 Å². The second-order valence-corrected chi connectivity index (χ2v) is 6.45. The maximum absolute atomic E-state index is 5.53. The van der Waals surface area contributed by atoms with E-state index in [0.29, 0.717) is 85.9 Å². The van der Waals surface area contributed by atoms with Gasteiger partial charge in [0.1, 0.15) is 0 Å². The molecule has 0 atom stereocenters. The van der Waals surface area contributed by atoms with E-state index in [1.165, 1.54) is 25.7 Å². The van der Waals surface area contributed by atoms with Crippen molar-refractivity contribution in [1.29, 1.82) is 0 Å². The van der Waals surface area contributed by atoms with Crippen LogP contribution >= 0.6 is 0 Å². The molecule has 7 nitrogen and oxygen atoms in total. The summed E-state index contributed by atoms with van der Waals surface area (Å²) in [4.78, 5) is 0. The molecule has 0 spiro atoms. The molecule has 0 heterocycles. The van der Waals surface area contributed by atoms with Gasteiger partial charge < -0.3 is 33.2 Å². The van der Waals surface area contributed by atoms with Gasteiger partial charge in [0.05, 0.1) is 85.9 Å². The van der Waals surface area contributed by atoms with Gasteiger partial charge in [0, 0.05) is 6.61 Å². The summed E-state index contributed by atoms with van der Waals surface area (Å²) in [5.41, 5.74) is 0. The van der Waals surface area contributed by atoms with Crippen molar-refractivity contribution in [3.63, 3.8) is 0 Å². The van der Waals surface area contributed by atoms with E-state index in [-0.39, 0.29) is 0 Å². The fourth-order valence-corrected chi connectivity index (χ4v) is 2.29. The molecule has 0 radical (unpaired) electrons. The van der Waals surface area contributed by atoms with Crippen molar-refractivity contribution < 1.29 is 33.2 Å². The second-order valence-electron chi connectivity index (χ2n) is 6.45. The third-order valence-corrected chi connectivity index (χ3v) is 3.86. The lowest BCUT2D eigenvalue weighted by atomic mass is 10.2. The Morgan fingerprint density at radius 1 is 0.448 bits per heavy atom. The number of ether oxygens (including phenoxy) is 7. The molecule has 0 unspecified atom stereocenters. The van der Waals surface area contributed by atoms with Gasteiger partial charge in [0.2, 0.25) is 0 Å². The Morgan fingerprint density at radius 3 is 1.17 bits per heavy atom. The Bertz CT molecular complexity index is 303. The van der Waals surface area contributed by atoms with Gasteiger partial charge in [-0.3, -0.25) is 0 Å². The number of hydrogen-bond acceptors (Lipinski definition) is 7. The summed E-state index contributed by atoms with van der Waals surface area (Å²) < 4.78 is 37.8. The standard InChI is InChI=1S/C22H44O7/c1-3-5-6-7-8-10-24-12-14-26-16-18-28-20-22-29-21-19-27-17-15-25-13-11-23-9-4-2/h4H,2-3,5-22H2,1H3. The lowest BCUT2D eigenvalue weighted by molar-refractivity contribution is -0.0198. The average Bonchev–Trinajstić information content (AvgIpc) is 2.74. The van der Waals surface area contributed by atoms with E-state index in [4.69, 9.17) is 33.2 Å². The summed E-state index contributed by atoms with van der Waals surface area (Å²) in [6, 6.07) is 0. The van der Waals surface area contributed by atoms with Crippen molar-refractivity contribution >= 4 is 0 Å². The molecular formula is C22H44O7. The first-order valence-corrected chi connectivity index (χ1v) is 11.1. The molecule has 0 amide bonds. The summed E-state index contributed by atoms with van der Waals surface area (Å²) in [6.45, 7) is 14.1. The van der Waals surface area contributed by atoms with Gasteiger partial charge in [-0.25, -0.2) is 0 Å². The highest BCUT2D eigenvalue weighted by Gasteiger charge is 1.95. The molecule has 174 valence electrons. The van der Waals surface area contributed by atoms with Gasteiger partial charge in [-0.1, -0.05) is 38.7 Å². The molecular weight excluding hydrogens is 376 g/mol. The molecule has 0 N–H and O–H groups in total. The van der Waals surface area contributed by atoms with Crippen LogP contribution in [0, 0.1) is 0 Å². The third-order valence-electron chi connectivity index (χ3n) is 3.86. The zero-order valence-electron chi connectivity index (χ0n) is 18.6. The van der Waals surface area contributed by atoms with Crippen LogP contribution in [0.15, 0.2) is 12.7 Å². The largest absolute Gasteiger partial charge is 0.379 e. The smallest absolute Gasteiger partial charge is 0.0704 e. The van der Waals surface area contributed by atoms with Crippen molar-refractivity contribution in [2.24, 2.45) is 0 Å². The maximum atomic E-state index is 5.53. The second kappa shape index (κ2) is 27.5. The van der Waals surface area contributed by atoms with Crippen LogP contribution in [-0.2, 0) is 33.2 Å². The highest BCUT2D eigenvalue weighted by molar-refractivity contribution is 4.63. The van der Waals surface area contributed by atoms with Crippen LogP contribution in [0.4, 0.5) is 0 Å². The van der Waals surface area contributed by atoms with Gasteiger partial charge >= 0.3 is 0 Å².